The van der Waals surface area contributed by atoms with Crippen LogP contribution in [-0.4, -0.2) is 55.2 Å². The van der Waals surface area contributed by atoms with E-state index in [-0.39, 0.29) is 6.04 Å². The highest BCUT2D eigenvalue weighted by atomic mass is 16.5. The molecule has 5 rings (SSSR count). The third-order valence-electron chi connectivity index (χ3n) is 6.72. The molecule has 3 aliphatic rings. The lowest BCUT2D eigenvalue weighted by atomic mass is 9.90. The van der Waals surface area contributed by atoms with Gasteiger partial charge in [-0.25, -0.2) is 5.01 Å². The fourth-order valence-corrected chi connectivity index (χ4v) is 4.94. The number of fused-ring (bicyclic) bond motifs is 4. The highest BCUT2D eigenvalue weighted by Gasteiger charge is 2.52. The first-order valence-electron chi connectivity index (χ1n) is 10.8. The maximum atomic E-state index is 6.76. The summed E-state index contributed by atoms with van der Waals surface area (Å²) in [6, 6.07) is 14.5. The van der Waals surface area contributed by atoms with Gasteiger partial charge < -0.3 is 19.1 Å². The lowest BCUT2D eigenvalue weighted by Crippen LogP contribution is -2.59. The second kappa shape index (κ2) is 7.51. The summed E-state index contributed by atoms with van der Waals surface area (Å²) in [5.41, 5.74) is 2.96. The Kier molecular flexibility index (Phi) is 4.82. The first kappa shape index (κ1) is 19.2. The van der Waals surface area contributed by atoms with Gasteiger partial charge in [-0.3, -0.25) is 0 Å². The van der Waals surface area contributed by atoms with E-state index in [1.807, 2.05) is 24.3 Å². The van der Waals surface area contributed by atoms with Crippen LogP contribution in [0, 0.1) is 0 Å². The Morgan fingerprint density at radius 2 is 1.83 bits per heavy atom. The quantitative estimate of drug-likeness (QED) is 0.765. The Labute approximate surface area is 178 Å². The van der Waals surface area contributed by atoms with Crippen molar-refractivity contribution in [3.05, 3.63) is 53.6 Å². The number of para-hydroxylation sites is 1. The number of nitrogens with zero attached hydrogens (tertiary/aromatic N) is 3. The van der Waals surface area contributed by atoms with Gasteiger partial charge in [0.05, 0.1) is 26.0 Å². The Morgan fingerprint density at radius 3 is 2.50 bits per heavy atom. The summed E-state index contributed by atoms with van der Waals surface area (Å²) in [7, 11) is 3.40. The smallest absolute Gasteiger partial charge is 0.200 e. The maximum absolute atomic E-state index is 6.76. The third-order valence-corrected chi connectivity index (χ3v) is 6.72. The molecule has 0 aromatic heterocycles. The minimum Gasteiger partial charge on any atom is -0.497 e. The summed E-state index contributed by atoms with van der Waals surface area (Å²) < 4.78 is 17.7. The molecular weight excluding hydrogens is 378 g/mol. The Morgan fingerprint density at radius 1 is 1.07 bits per heavy atom. The zero-order chi connectivity index (χ0) is 20.7. The number of hydrazone groups is 1. The van der Waals surface area contributed by atoms with Crippen LogP contribution in [0.1, 0.15) is 43.4 Å². The molecule has 6 heteroatoms. The fourth-order valence-electron chi connectivity index (χ4n) is 4.94. The molecule has 0 saturated carbocycles. The van der Waals surface area contributed by atoms with E-state index < -0.39 is 5.72 Å². The summed E-state index contributed by atoms with van der Waals surface area (Å²) in [6.07, 6.45) is 2.71. The van der Waals surface area contributed by atoms with Gasteiger partial charge in [0.2, 0.25) is 5.72 Å². The largest absolute Gasteiger partial charge is 0.497 e. The van der Waals surface area contributed by atoms with Crippen molar-refractivity contribution in [2.75, 3.05) is 33.9 Å². The van der Waals surface area contributed by atoms with Gasteiger partial charge in [-0.2, -0.15) is 5.10 Å². The summed E-state index contributed by atoms with van der Waals surface area (Å²) in [6.45, 7) is 5.31. The van der Waals surface area contributed by atoms with E-state index in [0.29, 0.717) is 0 Å². The lowest BCUT2D eigenvalue weighted by Gasteiger charge is -2.51. The minimum absolute atomic E-state index is 0.161. The van der Waals surface area contributed by atoms with Crippen LogP contribution in [0.2, 0.25) is 0 Å². The van der Waals surface area contributed by atoms with Crippen LogP contribution in [0.15, 0.2) is 47.6 Å². The molecule has 2 aromatic carbocycles. The van der Waals surface area contributed by atoms with E-state index >= 15 is 0 Å². The van der Waals surface area contributed by atoms with Crippen molar-refractivity contribution in [3.8, 4) is 17.2 Å². The van der Waals surface area contributed by atoms with Crippen LogP contribution in [0.25, 0.3) is 0 Å². The maximum Gasteiger partial charge on any atom is 0.200 e. The SMILES string of the molecule is CCN1CCC2(CC1)Oc1c(OC)cccc1[C@@H]1CC(c3ccc(OC)cc3)=NN12. The van der Waals surface area contributed by atoms with Gasteiger partial charge in [-0.15, -0.1) is 0 Å². The van der Waals surface area contributed by atoms with Gasteiger partial charge in [-0.1, -0.05) is 19.1 Å². The molecule has 158 valence electrons. The number of benzene rings is 2. The highest BCUT2D eigenvalue weighted by molar-refractivity contribution is 6.02. The number of hydrogen-bond acceptors (Lipinski definition) is 6. The second-order valence-corrected chi connectivity index (χ2v) is 8.20. The standard InChI is InChI=1S/C24H29N3O3/c1-4-26-14-12-24(13-15-26)27-21(19-6-5-7-22(29-3)23(19)30-24)16-20(25-27)17-8-10-18(28-2)11-9-17/h5-11,21H,4,12-16H2,1-3H3/t21-/m0/s1. The second-order valence-electron chi connectivity index (χ2n) is 8.20. The Bertz CT molecular complexity index is 949. The van der Waals surface area contributed by atoms with Gasteiger partial charge in [0, 0.05) is 37.9 Å². The number of rotatable bonds is 4. The van der Waals surface area contributed by atoms with E-state index in [0.717, 1.165) is 73.0 Å². The monoisotopic (exact) mass is 407 g/mol. The molecule has 1 spiro atoms. The minimum atomic E-state index is -0.424. The lowest BCUT2D eigenvalue weighted by molar-refractivity contribution is -0.150. The molecule has 1 fully saturated rings. The molecular formula is C24H29N3O3. The Hall–Kier alpha value is -2.73. The van der Waals surface area contributed by atoms with E-state index in [1.54, 1.807) is 14.2 Å². The molecule has 0 aliphatic carbocycles. The zero-order valence-electron chi connectivity index (χ0n) is 17.9. The number of piperidine rings is 1. The van der Waals surface area contributed by atoms with Crippen molar-refractivity contribution in [1.29, 1.82) is 0 Å². The molecule has 2 aromatic rings. The molecule has 30 heavy (non-hydrogen) atoms. The predicted octanol–water partition coefficient (Wildman–Crippen LogP) is 4.06. The summed E-state index contributed by atoms with van der Waals surface area (Å²) in [4.78, 5) is 2.48. The van der Waals surface area contributed by atoms with Crippen molar-refractivity contribution >= 4 is 5.71 Å². The van der Waals surface area contributed by atoms with Crippen LogP contribution in [0.5, 0.6) is 17.2 Å². The summed E-state index contributed by atoms with van der Waals surface area (Å²) in [5, 5.41) is 7.39. The summed E-state index contributed by atoms with van der Waals surface area (Å²) in [5.74, 6) is 2.55. The van der Waals surface area contributed by atoms with Gasteiger partial charge in [0.25, 0.3) is 0 Å². The number of hydrogen-bond donors (Lipinski definition) is 0. The van der Waals surface area contributed by atoms with Crippen LogP contribution in [0.4, 0.5) is 0 Å². The van der Waals surface area contributed by atoms with Gasteiger partial charge >= 0.3 is 0 Å². The molecule has 6 nitrogen and oxygen atoms in total. The molecule has 3 heterocycles. The average Bonchev–Trinajstić information content (AvgIpc) is 3.26. The van der Waals surface area contributed by atoms with E-state index in [1.165, 1.54) is 0 Å². The molecule has 1 atom stereocenters. The van der Waals surface area contributed by atoms with Crippen molar-refractivity contribution in [1.82, 2.24) is 9.91 Å². The van der Waals surface area contributed by atoms with Crippen molar-refractivity contribution in [2.45, 2.75) is 38.0 Å². The molecule has 0 unspecified atom stereocenters. The third kappa shape index (κ3) is 3.01. The van der Waals surface area contributed by atoms with Gasteiger partial charge in [0.15, 0.2) is 11.5 Å². The average molecular weight is 408 g/mol. The number of likely N-dealkylation sites (tertiary alicyclic amines) is 1. The van der Waals surface area contributed by atoms with Gasteiger partial charge in [0.1, 0.15) is 5.75 Å². The highest BCUT2D eigenvalue weighted by Crippen LogP contribution is 2.52. The molecule has 3 aliphatic heterocycles. The molecule has 0 amide bonds. The topological polar surface area (TPSA) is 46.5 Å². The van der Waals surface area contributed by atoms with Crippen LogP contribution < -0.4 is 14.2 Å². The predicted molar refractivity (Wildman–Crippen MR) is 116 cm³/mol. The van der Waals surface area contributed by atoms with Gasteiger partial charge in [-0.05, 0) is 42.4 Å². The molecule has 0 N–H and O–H groups in total. The zero-order valence-corrected chi connectivity index (χ0v) is 17.9. The van der Waals surface area contributed by atoms with Crippen molar-refractivity contribution < 1.29 is 14.2 Å². The molecule has 0 bridgehead atoms. The van der Waals surface area contributed by atoms with Crippen molar-refractivity contribution in [3.63, 3.8) is 0 Å². The first-order valence-corrected chi connectivity index (χ1v) is 10.8. The van der Waals surface area contributed by atoms with E-state index in [4.69, 9.17) is 19.3 Å². The molecule has 0 radical (unpaired) electrons. The Balaban J connectivity index is 1.55. The van der Waals surface area contributed by atoms with E-state index in [2.05, 4.69) is 35.0 Å². The molecule has 1 saturated heterocycles. The van der Waals surface area contributed by atoms with Crippen LogP contribution >= 0.6 is 0 Å². The fraction of sp³-hybridized carbons (Fsp3) is 0.458. The van der Waals surface area contributed by atoms with Crippen LogP contribution in [0.3, 0.4) is 0 Å². The normalized spacial score (nSPS) is 22.2. The number of ether oxygens (including phenoxy) is 3. The summed E-state index contributed by atoms with van der Waals surface area (Å²) >= 11 is 0. The van der Waals surface area contributed by atoms with Crippen LogP contribution in [-0.2, 0) is 0 Å². The first-order chi connectivity index (χ1) is 14.7. The van der Waals surface area contributed by atoms with E-state index in [9.17, 15) is 0 Å². The number of methoxy groups -OCH3 is 2. The van der Waals surface area contributed by atoms with Crippen molar-refractivity contribution in [2.24, 2.45) is 5.10 Å².